The fourth-order valence-corrected chi connectivity index (χ4v) is 4.67. The lowest BCUT2D eigenvalue weighted by molar-refractivity contribution is 0.547. The van der Waals surface area contributed by atoms with Gasteiger partial charge < -0.3 is 4.98 Å². The highest BCUT2D eigenvalue weighted by Gasteiger charge is 2.18. The lowest BCUT2D eigenvalue weighted by atomic mass is 10.1. The molecule has 0 unspecified atom stereocenters. The summed E-state index contributed by atoms with van der Waals surface area (Å²) in [5.41, 5.74) is 1.84. The number of aromatic amines is 1. The molecule has 7 heteroatoms. The van der Waals surface area contributed by atoms with Crippen molar-refractivity contribution in [1.82, 2.24) is 9.71 Å². The minimum atomic E-state index is -3.61. The smallest absolute Gasteiger partial charge is 0.305 e. The third kappa shape index (κ3) is 3.92. The summed E-state index contributed by atoms with van der Waals surface area (Å²) in [5.74, 6) is 0. The molecule has 0 aliphatic heterocycles. The third-order valence-corrected chi connectivity index (χ3v) is 6.20. The molecule has 0 radical (unpaired) electrons. The van der Waals surface area contributed by atoms with Crippen LogP contribution in [0.2, 0.25) is 0 Å². The second kappa shape index (κ2) is 6.88. The summed E-state index contributed by atoms with van der Waals surface area (Å²) in [6.07, 6.45) is 1.52. The van der Waals surface area contributed by atoms with E-state index in [4.69, 9.17) is 0 Å². The van der Waals surface area contributed by atoms with Crippen molar-refractivity contribution in [3.8, 4) is 0 Å². The standard InChI is InChI=1S/C17H18N2O3S2/c1-12(7-8-13-5-3-2-4-6-13)19-24(21,22)14-9-10-15-16(11-14)23-17(20)18-15/h2-6,9-12,19H,7-8H2,1H3,(H,18,20)/t12-/m1/s1. The van der Waals surface area contributed by atoms with Gasteiger partial charge in [-0.3, -0.25) is 4.79 Å². The van der Waals surface area contributed by atoms with Crippen LogP contribution in [-0.2, 0) is 16.4 Å². The Balaban J connectivity index is 1.70. The molecule has 1 atom stereocenters. The fourth-order valence-electron chi connectivity index (χ4n) is 2.51. The van der Waals surface area contributed by atoms with Gasteiger partial charge in [0.25, 0.3) is 0 Å². The number of benzene rings is 2. The van der Waals surface area contributed by atoms with Gasteiger partial charge in [0, 0.05) is 6.04 Å². The van der Waals surface area contributed by atoms with Crippen molar-refractivity contribution < 1.29 is 8.42 Å². The maximum Gasteiger partial charge on any atom is 0.305 e. The van der Waals surface area contributed by atoms with Gasteiger partial charge in [-0.15, -0.1) is 0 Å². The van der Waals surface area contributed by atoms with E-state index in [1.807, 2.05) is 37.3 Å². The van der Waals surface area contributed by atoms with Crippen LogP contribution in [0.25, 0.3) is 10.2 Å². The molecule has 0 fully saturated rings. The van der Waals surface area contributed by atoms with E-state index >= 15 is 0 Å². The van der Waals surface area contributed by atoms with E-state index in [9.17, 15) is 13.2 Å². The molecule has 0 aliphatic rings. The van der Waals surface area contributed by atoms with Gasteiger partial charge in [0.05, 0.1) is 15.1 Å². The van der Waals surface area contributed by atoms with E-state index in [1.165, 1.54) is 17.7 Å². The molecule has 1 aromatic heterocycles. The Morgan fingerprint density at radius 1 is 1.17 bits per heavy atom. The summed E-state index contributed by atoms with van der Waals surface area (Å²) in [4.78, 5) is 14.0. The first-order valence-corrected chi connectivity index (χ1v) is 9.93. The van der Waals surface area contributed by atoms with Crippen LogP contribution in [0, 0.1) is 0 Å². The highest BCUT2D eigenvalue weighted by atomic mass is 32.2. The van der Waals surface area contributed by atoms with Crippen LogP contribution in [0.1, 0.15) is 18.9 Å². The molecule has 0 amide bonds. The number of thiazole rings is 1. The van der Waals surface area contributed by atoms with Gasteiger partial charge in [-0.2, -0.15) is 0 Å². The van der Waals surface area contributed by atoms with Gasteiger partial charge in [-0.25, -0.2) is 13.1 Å². The summed E-state index contributed by atoms with van der Waals surface area (Å²) < 4.78 is 28.4. The lowest BCUT2D eigenvalue weighted by Crippen LogP contribution is -2.32. The van der Waals surface area contributed by atoms with Crippen molar-refractivity contribution in [1.29, 1.82) is 0 Å². The average Bonchev–Trinajstić information content (AvgIpc) is 2.92. The molecule has 0 aliphatic carbocycles. The maximum atomic E-state index is 12.5. The number of nitrogens with one attached hydrogen (secondary N) is 2. The highest BCUT2D eigenvalue weighted by Crippen LogP contribution is 2.20. The molecule has 126 valence electrons. The van der Waals surface area contributed by atoms with E-state index in [0.717, 1.165) is 17.8 Å². The average molecular weight is 362 g/mol. The van der Waals surface area contributed by atoms with Gasteiger partial charge in [0.2, 0.25) is 10.0 Å². The number of aryl methyl sites for hydroxylation is 1. The Bertz CT molecular complexity index is 991. The highest BCUT2D eigenvalue weighted by molar-refractivity contribution is 7.89. The predicted octanol–water partition coefficient (Wildman–Crippen LogP) is 2.89. The molecule has 1 heterocycles. The zero-order valence-corrected chi connectivity index (χ0v) is 14.8. The zero-order valence-electron chi connectivity index (χ0n) is 13.2. The molecule has 5 nitrogen and oxygen atoms in total. The first-order chi connectivity index (χ1) is 11.4. The molecule has 0 spiro atoms. The lowest BCUT2D eigenvalue weighted by Gasteiger charge is -2.14. The molecule has 3 aromatic rings. The summed E-state index contributed by atoms with van der Waals surface area (Å²) >= 11 is 1.01. The van der Waals surface area contributed by atoms with Crippen LogP contribution < -0.4 is 9.60 Å². The van der Waals surface area contributed by atoms with E-state index in [2.05, 4.69) is 9.71 Å². The molecule has 3 rings (SSSR count). The molecular formula is C17H18N2O3S2. The van der Waals surface area contributed by atoms with E-state index < -0.39 is 10.0 Å². The van der Waals surface area contributed by atoms with Crippen molar-refractivity contribution in [3.05, 3.63) is 63.8 Å². The number of hydrogen-bond acceptors (Lipinski definition) is 4. The quantitative estimate of drug-likeness (QED) is 0.708. The first-order valence-electron chi connectivity index (χ1n) is 7.63. The van der Waals surface area contributed by atoms with Crippen molar-refractivity contribution in [3.63, 3.8) is 0 Å². The van der Waals surface area contributed by atoms with Crippen LogP contribution >= 0.6 is 11.3 Å². The second-order valence-electron chi connectivity index (χ2n) is 5.72. The Morgan fingerprint density at radius 2 is 1.92 bits per heavy atom. The first kappa shape index (κ1) is 16.9. The molecular weight excluding hydrogens is 344 g/mol. The largest absolute Gasteiger partial charge is 0.312 e. The zero-order chi connectivity index (χ0) is 17.2. The summed E-state index contributed by atoms with van der Waals surface area (Å²) in [7, 11) is -3.61. The van der Waals surface area contributed by atoms with E-state index in [-0.39, 0.29) is 15.8 Å². The number of fused-ring (bicyclic) bond motifs is 1. The Hall–Kier alpha value is -1.96. The fraction of sp³-hybridized carbons (Fsp3) is 0.235. The van der Waals surface area contributed by atoms with Crippen LogP contribution in [0.4, 0.5) is 0 Å². The third-order valence-electron chi connectivity index (χ3n) is 3.77. The molecule has 24 heavy (non-hydrogen) atoms. The Kier molecular flexibility index (Phi) is 4.84. The molecule has 0 saturated carbocycles. The minimum Gasteiger partial charge on any atom is -0.312 e. The van der Waals surface area contributed by atoms with Crippen molar-refractivity contribution in [2.24, 2.45) is 0 Å². The van der Waals surface area contributed by atoms with Crippen molar-refractivity contribution >= 4 is 31.6 Å². The SMILES string of the molecule is C[C@H](CCc1ccccc1)NS(=O)(=O)c1ccc2[nH]c(=O)sc2c1. The minimum absolute atomic E-state index is 0.178. The van der Waals surface area contributed by atoms with Crippen LogP contribution in [0.15, 0.2) is 58.2 Å². The van der Waals surface area contributed by atoms with E-state index in [0.29, 0.717) is 16.6 Å². The number of H-pyrrole nitrogens is 1. The summed E-state index contributed by atoms with van der Waals surface area (Å²) in [6.45, 7) is 1.85. The van der Waals surface area contributed by atoms with Gasteiger partial charge in [0.15, 0.2) is 0 Å². The van der Waals surface area contributed by atoms with E-state index in [1.54, 1.807) is 6.07 Å². The maximum absolute atomic E-state index is 12.5. The van der Waals surface area contributed by atoms with Crippen molar-refractivity contribution in [2.45, 2.75) is 30.7 Å². The second-order valence-corrected chi connectivity index (χ2v) is 8.45. The molecule has 2 aromatic carbocycles. The number of rotatable bonds is 6. The van der Waals surface area contributed by atoms with Crippen LogP contribution in [0.3, 0.4) is 0 Å². The van der Waals surface area contributed by atoms with Crippen molar-refractivity contribution in [2.75, 3.05) is 0 Å². The molecule has 2 N–H and O–H groups in total. The monoisotopic (exact) mass is 362 g/mol. The van der Waals surface area contributed by atoms with Crippen LogP contribution in [-0.4, -0.2) is 19.4 Å². The van der Waals surface area contributed by atoms with Gasteiger partial charge in [-0.05, 0) is 43.5 Å². The topological polar surface area (TPSA) is 79.0 Å². The van der Waals surface area contributed by atoms with Crippen LogP contribution in [0.5, 0.6) is 0 Å². The number of hydrogen-bond donors (Lipinski definition) is 2. The molecule has 0 saturated heterocycles. The molecule has 0 bridgehead atoms. The normalized spacial score (nSPS) is 13.2. The summed E-state index contributed by atoms with van der Waals surface area (Å²) in [5, 5.41) is 0. The van der Waals surface area contributed by atoms with Gasteiger partial charge in [0.1, 0.15) is 0 Å². The van der Waals surface area contributed by atoms with Gasteiger partial charge >= 0.3 is 4.87 Å². The summed E-state index contributed by atoms with van der Waals surface area (Å²) in [6, 6.07) is 14.4. The predicted molar refractivity (Wildman–Crippen MR) is 97.0 cm³/mol. The number of sulfonamides is 1. The number of aromatic nitrogens is 1. The van der Waals surface area contributed by atoms with Gasteiger partial charge in [-0.1, -0.05) is 41.7 Å². The Morgan fingerprint density at radius 3 is 2.67 bits per heavy atom. The Labute approximate surface area is 144 Å².